The molecule has 0 saturated heterocycles. The minimum Gasteiger partial charge on any atom is -0.359 e. The van der Waals surface area contributed by atoms with E-state index in [4.69, 9.17) is 4.52 Å². The van der Waals surface area contributed by atoms with Gasteiger partial charge in [0.05, 0.1) is 4.43 Å². The van der Waals surface area contributed by atoms with Gasteiger partial charge in [-0.15, -0.1) is 0 Å². The number of hydrogen-bond donors (Lipinski definition) is 2. The lowest BCUT2D eigenvalue weighted by atomic mass is 9.87. The summed E-state index contributed by atoms with van der Waals surface area (Å²) in [5.41, 5.74) is 1.29. The third-order valence-electron chi connectivity index (χ3n) is 4.15. The van der Waals surface area contributed by atoms with Crippen LogP contribution in [0.3, 0.4) is 0 Å². The Morgan fingerprint density at radius 2 is 2.09 bits per heavy atom. The van der Waals surface area contributed by atoms with Gasteiger partial charge in [0, 0.05) is 18.7 Å². The Bertz CT molecular complexity index is 476. The summed E-state index contributed by atoms with van der Waals surface area (Å²) in [5.74, 6) is 0.621. The standard InChI is InChI=1S/C16H28IN3O2/c1-5-7-8-18-10-16(4,6-2)11-19-15(21)14-12(3)13(9-17)22-20-14/h18H,5-11H2,1-4H3,(H,19,21). The van der Waals surface area contributed by atoms with Crippen molar-refractivity contribution < 1.29 is 9.32 Å². The molecule has 1 aromatic rings. The molecule has 126 valence electrons. The minimum atomic E-state index is -0.148. The van der Waals surface area contributed by atoms with Crippen molar-refractivity contribution in [2.75, 3.05) is 19.6 Å². The summed E-state index contributed by atoms with van der Waals surface area (Å²) in [7, 11) is 0. The first-order chi connectivity index (χ1) is 10.5. The Labute approximate surface area is 147 Å². The first-order valence-electron chi connectivity index (χ1n) is 7.97. The Morgan fingerprint density at radius 1 is 1.36 bits per heavy atom. The predicted molar refractivity (Wildman–Crippen MR) is 97.5 cm³/mol. The highest BCUT2D eigenvalue weighted by Crippen LogP contribution is 2.20. The van der Waals surface area contributed by atoms with Gasteiger partial charge in [-0.3, -0.25) is 4.79 Å². The molecular weight excluding hydrogens is 393 g/mol. The average Bonchev–Trinajstić information content (AvgIpc) is 2.90. The van der Waals surface area contributed by atoms with E-state index in [-0.39, 0.29) is 11.3 Å². The Kier molecular flexibility index (Phi) is 8.38. The molecule has 1 aromatic heterocycles. The number of halogens is 1. The molecule has 0 radical (unpaired) electrons. The summed E-state index contributed by atoms with van der Waals surface area (Å²) in [5, 5.41) is 10.4. The van der Waals surface area contributed by atoms with Crippen molar-refractivity contribution in [2.24, 2.45) is 5.41 Å². The van der Waals surface area contributed by atoms with E-state index >= 15 is 0 Å². The van der Waals surface area contributed by atoms with Crippen LogP contribution in [0.25, 0.3) is 0 Å². The van der Waals surface area contributed by atoms with Crippen molar-refractivity contribution in [3.8, 4) is 0 Å². The van der Waals surface area contributed by atoms with Crippen LogP contribution in [-0.2, 0) is 4.43 Å². The molecule has 0 aliphatic rings. The third-order valence-corrected chi connectivity index (χ3v) is 4.84. The fourth-order valence-corrected chi connectivity index (χ4v) is 2.80. The van der Waals surface area contributed by atoms with Crippen LogP contribution >= 0.6 is 22.6 Å². The minimum absolute atomic E-state index is 0.0487. The summed E-state index contributed by atoms with van der Waals surface area (Å²) in [6, 6.07) is 0. The monoisotopic (exact) mass is 421 g/mol. The van der Waals surface area contributed by atoms with Crippen LogP contribution in [0, 0.1) is 12.3 Å². The SMILES string of the molecule is CCCCNCC(C)(CC)CNC(=O)c1noc(CI)c1C. The van der Waals surface area contributed by atoms with Gasteiger partial charge in [-0.25, -0.2) is 0 Å². The Morgan fingerprint density at radius 3 is 2.64 bits per heavy atom. The van der Waals surface area contributed by atoms with Crippen molar-refractivity contribution in [3.05, 3.63) is 17.0 Å². The normalized spacial score (nSPS) is 13.9. The molecular formula is C16H28IN3O2. The maximum atomic E-state index is 12.3. The van der Waals surface area contributed by atoms with E-state index in [1.54, 1.807) is 0 Å². The van der Waals surface area contributed by atoms with E-state index in [1.165, 1.54) is 12.8 Å². The van der Waals surface area contributed by atoms with Crippen LogP contribution in [0.15, 0.2) is 4.52 Å². The summed E-state index contributed by atoms with van der Waals surface area (Å²) >= 11 is 2.20. The van der Waals surface area contributed by atoms with Crippen molar-refractivity contribution in [1.82, 2.24) is 15.8 Å². The van der Waals surface area contributed by atoms with Crippen LogP contribution in [0.4, 0.5) is 0 Å². The molecule has 0 aliphatic heterocycles. The number of alkyl halides is 1. The van der Waals surface area contributed by atoms with E-state index < -0.39 is 0 Å². The molecule has 22 heavy (non-hydrogen) atoms. The van der Waals surface area contributed by atoms with Crippen LogP contribution < -0.4 is 10.6 Å². The number of rotatable bonds is 10. The fourth-order valence-electron chi connectivity index (χ4n) is 2.09. The maximum Gasteiger partial charge on any atom is 0.273 e. The molecule has 1 amide bonds. The van der Waals surface area contributed by atoms with Gasteiger partial charge in [-0.2, -0.15) is 0 Å². The first kappa shape index (κ1) is 19.4. The highest BCUT2D eigenvalue weighted by atomic mass is 127. The van der Waals surface area contributed by atoms with Gasteiger partial charge in [-0.05, 0) is 31.7 Å². The van der Waals surface area contributed by atoms with Crippen molar-refractivity contribution in [1.29, 1.82) is 0 Å². The first-order valence-corrected chi connectivity index (χ1v) is 9.50. The molecule has 1 atom stereocenters. The van der Waals surface area contributed by atoms with E-state index in [0.29, 0.717) is 12.2 Å². The van der Waals surface area contributed by atoms with Gasteiger partial charge >= 0.3 is 0 Å². The lowest BCUT2D eigenvalue weighted by molar-refractivity contribution is 0.0922. The summed E-state index contributed by atoms with van der Waals surface area (Å²) < 4.78 is 5.91. The number of carbonyl (C=O) groups excluding carboxylic acids is 1. The molecule has 0 aromatic carbocycles. The topological polar surface area (TPSA) is 67.2 Å². The second-order valence-corrected chi connectivity index (χ2v) is 6.85. The van der Waals surface area contributed by atoms with Crippen LogP contribution in [0.1, 0.15) is 61.8 Å². The quantitative estimate of drug-likeness (QED) is 0.345. The highest BCUT2D eigenvalue weighted by Gasteiger charge is 2.24. The van der Waals surface area contributed by atoms with E-state index in [1.807, 2.05) is 6.92 Å². The molecule has 1 heterocycles. The number of nitrogens with one attached hydrogen (secondary N) is 2. The van der Waals surface area contributed by atoms with Crippen molar-refractivity contribution >= 4 is 28.5 Å². The van der Waals surface area contributed by atoms with Crippen LogP contribution in [0.2, 0.25) is 0 Å². The largest absolute Gasteiger partial charge is 0.359 e. The zero-order valence-electron chi connectivity index (χ0n) is 14.1. The summed E-state index contributed by atoms with van der Waals surface area (Å²) in [4.78, 5) is 12.3. The zero-order valence-corrected chi connectivity index (χ0v) is 16.2. The van der Waals surface area contributed by atoms with E-state index in [9.17, 15) is 4.79 Å². The van der Waals surface area contributed by atoms with Crippen molar-refractivity contribution in [2.45, 2.75) is 51.4 Å². The van der Waals surface area contributed by atoms with Crippen LogP contribution in [0.5, 0.6) is 0 Å². The molecule has 0 bridgehead atoms. The van der Waals surface area contributed by atoms with Gasteiger partial charge in [0.25, 0.3) is 5.91 Å². The molecule has 0 fully saturated rings. The second-order valence-electron chi connectivity index (χ2n) is 6.09. The Hall–Kier alpha value is -0.630. The summed E-state index contributed by atoms with van der Waals surface area (Å²) in [6.45, 7) is 11.0. The van der Waals surface area contributed by atoms with Crippen molar-refractivity contribution in [3.63, 3.8) is 0 Å². The molecule has 1 rings (SSSR count). The maximum absolute atomic E-state index is 12.3. The summed E-state index contributed by atoms with van der Waals surface area (Å²) in [6.07, 6.45) is 3.38. The van der Waals surface area contributed by atoms with Crippen LogP contribution in [-0.4, -0.2) is 30.7 Å². The molecule has 0 spiro atoms. The predicted octanol–water partition coefficient (Wildman–Crippen LogP) is 3.45. The average molecular weight is 421 g/mol. The van der Waals surface area contributed by atoms with Gasteiger partial charge in [0.2, 0.25) is 0 Å². The number of amides is 1. The third kappa shape index (κ3) is 5.53. The number of hydrogen-bond acceptors (Lipinski definition) is 4. The molecule has 6 heteroatoms. The van der Waals surface area contributed by atoms with Gasteiger partial charge in [-0.1, -0.05) is 54.9 Å². The zero-order chi connectivity index (χ0) is 16.6. The molecule has 0 aliphatic carbocycles. The smallest absolute Gasteiger partial charge is 0.273 e. The number of nitrogens with zero attached hydrogens (tertiary/aromatic N) is 1. The highest BCUT2D eigenvalue weighted by molar-refractivity contribution is 14.1. The molecule has 1 unspecified atom stereocenters. The number of unbranched alkanes of at least 4 members (excludes halogenated alkanes) is 1. The molecule has 2 N–H and O–H groups in total. The van der Waals surface area contributed by atoms with E-state index in [0.717, 1.165) is 35.3 Å². The van der Waals surface area contributed by atoms with Gasteiger partial charge < -0.3 is 15.2 Å². The van der Waals surface area contributed by atoms with Gasteiger partial charge in [0.15, 0.2) is 5.69 Å². The number of aromatic nitrogens is 1. The fraction of sp³-hybridized carbons (Fsp3) is 0.750. The number of carbonyl (C=O) groups is 1. The lowest BCUT2D eigenvalue weighted by Crippen LogP contribution is -2.42. The molecule has 5 nitrogen and oxygen atoms in total. The Balaban J connectivity index is 2.54. The molecule has 0 saturated carbocycles. The second kappa shape index (κ2) is 9.50. The lowest BCUT2D eigenvalue weighted by Gasteiger charge is -2.28. The van der Waals surface area contributed by atoms with Gasteiger partial charge in [0.1, 0.15) is 5.76 Å². The van der Waals surface area contributed by atoms with E-state index in [2.05, 4.69) is 59.2 Å².